The highest BCUT2D eigenvalue weighted by Gasteiger charge is 2.30. The number of rotatable bonds is 8. The Balaban J connectivity index is 1.52. The highest BCUT2D eigenvalue weighted by molar-refractivity contribution is 7.89. The summed E-state index contributed by atoms with van der Waals surface area (Å²) >= 11 is 0. The van der Waals surface area contributed by atoms with Crippen LogP contribution in [-0.2, 0) is 19.6 Å². The van der Waals surface area contributed by atoms with Crippen molar-refractivity contribution in [1.29, 1.82) is 0 Å². The first-order valence-corrected chi connectivity index (χ1v) is 12.4. The topological polar surface area (TPSA) is 114 Å². The molecule has 2 N–H and O–H groups in total. The molecular formula is C23H27N3O6S. The van der Waals surface area contributed by atoms with E-state index in [1.54, 1.807) is 37.3 Å². The van der Waals surface area contributed by atoms with Gasteiger partial charge in [-0.25, -0.2) is 8.42 Å². The van der Waals surface area contributed by atoms with Gasteiger partial charge in [0.05, 0.1) is 30.4 Å². The Hall–Kier alpha value is -2.95. The molecule has 9 nitrogen and oxygen atoms in total. The Labute approximate surface area is 193 Å². The van der Waals surface area contributed by atoms with E-state index >= 15 is 0 Å². The monoisotopic (exact) mass is 473 g/mol. The van der Waals surface area contributed by atoms with E-state index in [-0.39, 0.29) is 35.5 Å². The molecule has 33 heavy (non-hydrogen) atoms. The third-order valence-corrected chi connectivity index (χ3v) is 7.36. The van der Waals surface area contributed by atoms with Gasteiger partial charge in [-0.05, 0) is 62.2 Å². The van der Waals surface area contributed by atoms with Crippen LogP contribution in [0.15, 0.2) is 47.4 Å². The number of sulfonamides is 1. The third kappa shape index (κ3) is 5.52. The molecule has 1 aliphatic heterocycles. The third-order valence-electron chi connectivity index (χ3n) is 5.47. The van der Waals surface area contributed by atoms with E-state index in [0.29, 0.717) is 36.8 Å². The highest BCUT2D eigenvalue weighted by Crippen LogP contribution is 2.31. The highest BCUT2D eigenvalue weighted by atomic mass is 32.2. The number of ether oxygens (including phenoxy) is 2. The van der Waals surface area contributed by atoms with E-state index in [0.717, 1.165) is 12.8 Å². The average Bonchev–Trinajstić information content (AvgIpc) is 3.67. The molecule has 2 fully saturated rings. The van der Waals surface area contributed by atoms with E-state index in [4.69, 9.17) is 9.47 Å². The van der Waals surface area contributed by atoms with Gasteiger partial charge < -0.3 is 20.1 Å². The number of morpholine rings is 1. The number of carbonyl (C=O) groups excluding carboxylic acids is 2. The van der Waals surface area contributed by atoms with Crippen molar-refractivity contribution in [1.82, 2.24) is 4.31 Å². The molecule has 2 aromatic rings. The number of carbonyl (C=O) groups is 2. The minimum atomic E-state index is -3.73. The van der Waals surface area contributed by atoms with E-state index < -0.39 is 15.9 Å². The Morgan fingerprint density at radius 1 is 1.06 bits per heavy atom. The van der Waals surface area contributed by atoms with Crippen LogP contribution in [0.25, 0.3) is 0 Å². The van der Waals surface area contributed by atoms with Crippen LogP contribution >= 0.6 is 0 Å². The van der Waals surface area contributed by atoms with Gasteiger partial charge in [0, 0.05) is 30.3 Å². The molecule has 0 spiro atoms. The summed E-state index contributed by atoms with van der Waals surface area (Å²) in [5.41, 5.74) is 1.25. The second-order valence-electron chi connectivity index (χ2n) is 7.90. The van der Waals surface area contributed by atoms with Crippen LogP contribution in [0, 0.1) is 5.92 Å². The molecule has 1 saturated heterocycles. The van der Waals surface area contributed by atoms with Gasteiger partial charge >= 0.3 is 0 Å². The zero-order chi connectivity index (χ0) is 23.4. The molecule has 0 bridgehead atoms. The first-order valence-electron chi connectivity index (χ1n) is 11.0. The molecule has 1 heterocycles. The zero-order valence-corrected chi connectivity index (χ0v) is 19.2. The number of nitrogens with zero attached hydrogens (tertiary/aromatic N) is 1. The van der Waals surface area contributed by atoms with Crippen LogP contribution in [0.2, 0.25) is 0 Å². The Morgan fingerprint density at radius 2 is 1.76 bits per heavy atom. The zero-order valence-electron chi connectivity index (χ0n) is 18.4. The number of amides is 2. The maximum absolute atomic E-state index is 13.0. The molecular weight excluding hydrogens is 446 g/mol. The smallest absolute Gasteiger partial charge is 0.255 e. The largest absolute Gasteiger partial charge is 0.492 e. The maximum Gasteiger partial charge on any atom is 0.255 e. The molecule has 0 unspecified atom stereocenters. The van der Waals surface area contributed by atoms with Gasteiger partial charge in [-0.1, -0.05) is 0 Å². The number of hydrogen-bond donors (Lipinski definition) is 2. The van der Waals surface area contributed by atoms with Crippen molar-refractivity contribution in [2.45, 2.75) is 24.7 Å². The van der Waals surface area contributed by atoms with Gasteiger partial charge in [0.15, 0.2) is 0 Å². The van der Waals surface area contributed by atoms with Gasteiger partial charge in [0.25, 0.3) is 5.91 Å². The summed E-state index contributed by atoms with van der Waals surface area (Å²) in [6.07, 6.45) is 1.82. The lowest BCUT2D eigenvalue weighted by molar-refractivity contribution is -0.117. The number of nitrogens with one attached hydrogen (secondary N) is 2. The fourth-order valence-electron chi connectivity index (χ4n) is 3.47. The predicted molar refractivity (Wildman–Crippen MR) is 123 cm³/mol. The van der Waals surface area contributed by atoms with Gasteiger partial charge in [0.2, 0.25) is 15.9 Å². The first kappa shape index (κ1) is 23.2. The molecule has 2 amide bonds. The van der Waals surface area contributed by atoms with Crippen LogP contribution in [0.5, 0.6) is 5.75 Å². The van der Waals surface area contributed by atoms with Crippen molar-refractivity contribution in [3.63, 3.8) is 0 Å². The fraction of sp³-hybridized carbons (Fsp3) is 0.391. The van der Waals surface area contributed by atoms with Crippen LogP contribution in [0.4, 0.5) is 11.4 Å². The van der Waals surface area contributed by atoms with E-state index in [9.17, 15) is 18.0 Å². The summed E-state index contributed by atoms with van der Waals surface area (Å²) in [7, 11) is -3.73. The minimum absolute atomic E-state index is 0.00755. The Kier molecular flexibility index (Phi) is 6.96. The number of anilines is 2. The van der Waals surface area contributed by atoms with Gasteiger partial charge in [-0.2, -0.15) is 4.31 Å². The minimum Gasteiger partial charge on any atom is -0.492 e. The van der Waals surface area contributed by atoms with Crippen molar-refractivity contribution in [2.24, 2.45) is 5.92 Å². The van der Waals surface area contributed by atoms with Crippen LogP contribution in [-0.4, -0.2) is 57.4 Å². The Morgan fingerprint density at radius 3 is 2.39 bits per heavy atom. The molecule has 2 aliphatic rings. The van der Waals surface area contributed by atoms with E-state index in [1.807, 2.05) is 0 Å². The summed E-state index contributed by atoms with van der Waals surface area (Å²) < 4.78 is 38.2. The van der Waals surface area contributed by atoms with Gasteiger partial charge in [-0.3, -0.25) is 9.59 Å². The quantitative estimate of drug-likeness (QED) is 0.609. The van der Waals surface area contributed by atoms with Crippen molar-refractivity contribution in [2.75, 3.05) is 43.5 Å². The molecule has 0 radical (unpaired) electrons. The maximum atomic E-state index is 13.0. The first-order chi connectivity index (χ1) is 15.9. The van der Waals surface area contributed by atoms with Crippen molar-refractivity contribution >= 4 is 33.2 Å². The predicted octanol–water partition coefficient (Wildman–Crippen LogP) is 2.71. The lowest BCUT2D eigenvalue weighted by atomic mass is 10.2. The molecule has 0 atom stereocenters. The second kappa shape index (κ2) is 9.90. The lowest BCUT2D eigenvalue weighted by Crippen LogP contribution is -2.40. The van der Waals surface area contributed by atoms with E-state index in [2.05, 4.69) is 10.6 Å². The number of hydrogen-bond acceptors (Lipinski definition) is 6. The Bertz CT molecular complexity index is 1120. The SMILES string of the molecule is CCOc1ccc(S(=O)(=O)N2CCOCC2)cc1NC(=O)c1ccc(NC(=O)C2CC2)cc1. The van der Waals surface area contributed by atoms with Crippen molar-refractivity contribution < 1.29 is 27.5 Å². The summed E-state index contributed by atoms with van der Waals surface area (Å²) in [6.45, 7) is 3.40. The standard InChI is InChI=1S/C23H27N3O6S/c1-2-32-21-10-9-19(33(29,30)26-11-13-31-14-12-26)15-20(21)25-23(28)17-5-7-18(8-6-17)24-22(27)16-3-4-16/h5-10,15-16H,2-4,11-14H2,1H3,(H,24,27)(H,25,28). The molecule has 4 rings (SSSR count). The molecule has 1 saturated carbocycles. The lowest BCUT2D eigenvalue weighted by Gasteiger charge is -2.26. The molecule has 1 aliphatic carbocycles. The summed E-state index contributed by atoms with van der Waals surface area (Å²) in [5.74, 6) is 0.0369. The van der Waals surface area contributed by atoms with Crippen LogP contribution < -0.4 is 15.4 Å². The molecule has 0 aromatic heterocycles. The van der Waals surface area contributed by atoms with E-state index in [1.165, 1.54) is 16.4 Å². The fourth-order valence-corrected chi connectivity index (χ4v) is 4.91. The van der Waals surface area contributed by atoms with Crippen LogP contribution in [0.1, 0.15) is 30.1 Å². The van der Waals surface area contributed by atoms with Gasteiger partial charge in [-0.15, -0.1) is 0 Å². The summed E-state index contributed by atoms with van der Waals surface area (Å²) in [5, 5.41) is 5.59. The summed E-state index contributed by atoms with van der Waals surface area (Å²) in [6, 6.07) is 11.0. The van der Waals surface area contributed by atoms with Crippen LogP contribution in [0.3, 0.4) is 0 Å². The van der Waals surface area contributed by atoms with Crippen molar-refractivity contribution in [3.05, 3.63) is 48.0 Å². The number of benzene rings is 2. The van der Waals surface area contributed by atoms with Crippen molar-refractivity contribution in [3.8, 4) is 5.75 Å². The summed E-state index contributed by atoms with van der Waals surface area (Å²) in [4.78, 5) is 24.8. The second-order valence-corrected chi connectivity index (χ2v) is 9.84. The normalized spacial score (nSPS) is 16.8. The van der Waals surface area contributed by atoms with Gasteiger partial charge in [0.1, 0.15) is 5.75 Å². The molecule has 176 valence electrons. The molecule has 2 aromatic carbocycles. The average molecular weight is 474 g/mol. The molecule has 10 heteroatoms.